The Morgan fingerprint density at radius 1 is 1.24 bits per heavy atom. The number of hydrogen-bond donors (Lipinski definition) is 2. The summed E-state index contributed by atoms with van der Waals surface area (Å²) in [6, 6.07) is 5.68. The predicted octanol–water partition coefficient (Wildman–Crippen LogP) is 4.73. The van der Waals surface area contributed by atoms with Gasteiger partial charge >= 0.3 is 0 Å². The van der Waals surface area contributed by atoms with Crippen LogP contribution in [0.2, 0.25) is 5.02 Å². The third-order valence-electron chi connectivity index (χ3n) is 3.94. The van der Waals surface area contributed by atoms with Crippen molar-refractivity contribution in [3.05, 3.63) is 40.2 Å². The van der Waals surface area contributed by atoms with E-state index in [1.165, 1.54) is 0 Å². The van der Waals surface area contributed by atoms with Crippen LogP contribution in [-0.2, 0) is 13.1 Å². The highest BCUT2D eigenvalue weighted by atomic mass is 127. The zero-order valence-electron chi connectivity index (χ0n) is 17.5. The number of aromatic nitrogens is 1. The van der Waals surface area contributed by atoms with Crippen molar-refractivity contribution in [2.45, 2.75) is 46.7 Å². The second-order valence-electron chi connectivity index (χ2n) is 6.46. The van der Waals surface area contributed by atoms with E-state index in [0.29, 0.717) is 48.1 Å². The van der Waals surface area contributed by atoms with E-state index >= 15 is 0 Å². The SMILES string of the molecule is CCNC(=NCc1cc(Cl)c(OCC)c(OC)c1)NCc1cc(C(C)C)no1.I. The third kappa shape index (κ3) is 7.58. The zero-order chi connectivity index (χ0) is 20.5. The minimum Gasteiger partial charge on any atom is -0.493 e. The lowest BCUT2D eigenvalue weighted by Crippen LogP contribution is -2.36. The van der Waals surface area contributed by atoms with Crippen LogP contribution in [-0.4, -0.2) is 31.4 Å². The van der Waals surface area contributed by atoms with Crippen LogP contribution in [0.4, 0.5) is 0 Å². The second-order valence-corrected chi connectivity index (χ2v) is 6.87. The van der Waals surface area contributed by atoms with Crippen LogP contribution >= 0.6 is 35.6 Å². The molecule has 2 N–H and O–H groups in total. The van der Waals surface area contributed by atoms with E-state index in [-0.39, 0.29) is 24.0 Å². The first-order valence-electron chi connectivity index (χ1n) is 9.45. The van der Waals surface area contributed by atoms with E-state index in [1.807, 2.05) is 32.0 Å². The average molecular weight is 537 g/mol. The summed E-state index contributed by atoms with van der Waals surface area (Å²) in [5.41, 5.74) is 1.86. The summed E-state index contributed by atoms with van der Waals surface area (Å²) in [6.07, 6.45) is 0. The number of rotatable bonds is 9. The van der Waals surface area contributed by atoms with Crippen molar-refractivity contribution in [1.82, 2.24) is 15.8 Å². The first kappa shape index (κ1) is 25.4. The molecule has 0 atom stereocenters. The molecule has 2 rings (SSSR count). The maximum absolute atomic E-state index is 6.33. The Morgan fingerprint density at radius 2 is 2.00 bits per heavy atom. The maximum atomic E-state index is 6.33. The molecule has 0 saturated carbocycles. The van der Waals surface area contributed by atoms with Crippen molar-refractivity contribution in [3.63, 3.8) is 0 Å². The molecule has 0 spiro atoms. The van der Waals surface area contributed by atoms with Gasteiger partial charge in [-0.3, -0.25) is 0 Å². The first-order valence-corrected chi connectivity index (χ1v) is 9.83. The number of nitrogens with zero attached hydrogens (tertiary/aromatic N) is 2. The zero-order valence-corrected chi connectivity index (χ0v) is 20.6. The molecule has 0 aliphatic heterocycles. The first-order chi connectivity index (χ1) is 13.5. The molecule has 1 aromatic heterocycles. The molecule has 0 aliphatic rings. The van der Waals surface area contributed by atoms with E-state index in [4.69, 9.17) is 25.6 Å². The van der Waals surface area contributed by atoms with Crippen molar-refractivity contribution >= 4 is 41.5 Å². The van der Waals surface area contributed by atoms with Gasteiger partial charge in [0.25, 0.3) is 0 Å². The van der Waals surface area contributed by atoms with Gasteiger partial charge in [-0.15, -0.1) is 24.0 Å². The lowest BCUT2D eigenvalue weighted by Gasteiger charge is -2.13. The maximum Gasteiger partial charge on any atom is 0.191 e. The van der Waals surface area contributed by atoms with Gasteiger partial charge in [-0.25, -0.2) is 4.99 Å². The lowest BCUT2D eigenvalue weighted by molar-refractivity contribution is 0.311. The summed E-state index contributed by atoms with van der Waals surface area (Å²) >= 11 is 6.33. The van der Waals surface area contributed by atoms with Gasteiger partial charge < -0.3 is 24.6 Å². The van der Waals surface area contributed by atoms with Gasteiger partial charge in [0.05, 0.1) is 37.5 Å². The number of methoxy groups -OCH3 is 1. The topological polar surface area (TPSA) is 80.9 Å². The Balaban J connectivity index is 0.00000420. The van der Waals surface area contributed by atoms with E-state index in [9.17, 15) is 0 Å². The number of halogens is 2. The molecular formula is C20H30ClIN4O3. The Hall–Kier alpha value is -1.68. The van der Waals surface area contributed by atoms with Gasteiger partial charge in [0.15, 0.2) is 23.2 Å². The van der Waals surface area contributed by atoms with Crippen LogP contribution in [0, 0.1) is 0 Å². The summed E-state index contributed by atoms with van der Waals surface area (Å²) in [5.74, 6) is 2.92. The number of ether oxygens (including phenoxy) is 2. The lowest BCUT2D eigenvalue weighted by atomic mass is 10.1. The van der Waals surface area contributed by atoms with E-state index < -0.39 is 0 Å². The molecule has 0 fully saturated rings. The van der Waals surface area contributed by atoms with Crippen molar-refractivity contribution in [3.8, 4) is 11.5 Å². The molecule has 7 nitrogen and oxygen atoms in total. The molecule has 0 saturated heterocycles. The molecule has 0 radical (unpaired) electrons. The fraction of sp³-hybridized carbons (Fsp3) is 0.500. The summed E-state index contributed by atoms with van der Waals surface area (Å²) < 4.78 is 16.3. The van der Waals surface area contributed by atoms with Crippen LogP contribution in [0.3, 0.4) is 0 Å². The molecule has 0 bridgehead atoms. The van der Waals surface area contributed by atoms with Crippen LogP contribution in [0.5, 0.6) is 11.5 Å². The normalized spacial score (nSPS) is 11.2. The van der Waals surface area contributed by atoms with Gasteiger partial charge in [-0.2, -0.15) is 0 Å². The fourth-order valence-corrected chi connectivity index (χ4v) is 2.80. The monoisotopic (exact) mass is 536 g/mol. The predicted molar refractivity (Wildman–Crippen MR) is 127 cm³/mol. The summed E-state index contributed by atoms with van der Waals surface area (Å²) in [6.45, 7) is 10.3. The van der Waals surface area contributed by atoms with Crippen LogP contribution < -0.4 is 20.1 Å². The fourth-order valence-electron chi connectivity index (χ4n) is 2.52. The Bertz CT molecular complexity index is 796. The summed E-state index contributed by atoms with van der Waals surface area (Å²) in [5, 5.41) is 11.0. The van der Waals surface area contributed by atoms with Gasteiger partial charge in [0.1, 0.15) is 0 Å². The van der Waals surface area contributed by atoms with Crippen molar-refractivity contribution in [2.24, 2.45) is 4.99 Å². The highest BCUT2D eigenvalue weighted by molar-refractivity contribution is 14.0. The molecule has 1 heterocycles. The minimum absolute atomic E-state index is 0. The molecular weight excluding hydrogens is 507 g/mol. The molecule has 0 aliphatic carbocycles. The number of benzene rings is 1. The highest BCUT2D eigenvalue weighted by Gasteiger charge is 2.12. The molecule has 0 amide bonds. The Morgan fingerprint density at radius 3 is 2.59 bits per heavy atom. The molecule has 0 unspecified atom stereocenters. The smallest absolute Gasteiger partial charge is 0.191 e. The van der Waals surface area contributed by atoms with Crippen molar-refractivity contribution < 1.29 is 14.0 Å². The number of guanidine groups is 1. The average Bonchev–Trinajstić information content (AvgIpc) is 3.15. The van der Waals surface area contributed by atoms with E-state index in [1.54, 1.807) is 7.11 Å². The van der Waals surface area contributed by atoms with Crippen molar-refractivity contribution in [1.29, 1.82) is 0 Å². The third-order valence-corrected chi connectivity index (χ3v) is 4.22. The summed E-state index contributed by atoms with van der Waals surface area (Å²) in [7, 11) is 1.59. The van der Waals surface area contributed by atoms with Crippen molar-refractivity contribution in [2.75, 3.05) is 20.3 Å². The second kappa shape index (κ2) is 12.8. The number of nitrogens with one attached hydrogen (secondary N) is 2. The molecule has 2 aromatic rings. The van der Waals surface area contributed by atoms with E-state index in [0.717, 1.165) is 23.6 Å². The van der Waals surface area contributed by atoms with Crippen LogP contribution in [0.25, 0.3) is 0 Å². The Kier molecular flexibility index (Phi) is 11.2. The minimum atomic E-state index is 0. The van der Waals surface area contributed by atoms with Gasteiger partial charge in [0.2, 0.25) is 0 Å². The summed E-state index contributed by atoms with van der Waals surface area (Å²) in [4.78, 5) is 4.61. The number of aliphatic imine (C=N–C) groups is 1. The van der Waals surface area contributed by atoms with Gasteiger partial charge in [-0.1, -0.05) is 30.6 Å². The van der Waals surface area contributed by atoms with Gasteiger partial charge in [-0.05, 0) is 37.5 Å². The van der Waals surface area contributed by atoms with Crippen LogP contribution in [0.15, 0.2) is 27.7 Å². The molecule has 1 aromatic carbocycles. The van der Waals surface area contributed by atoms with Crippen LogP contribution in [0.1, 0.15) is 50.6 Å². The largest absolute Gasteiger partial charge is 0.493 e. The molecule has 29 heavy (non-hydrogen) atoms. The van der Waals surface area contributed by atoms with Gasteiger partial charge in [0, 0.05) is 12.6 Å². The highest BCUT2D eigenvalue weighted by Crippen LogP contribution is 2.36. The Labute approximate surface area is 194 Å². The number of hydrogen-bond acceptors (Lipinski definition) is 5. The van der Waals surface area contributed by atoms with E-state index in [2.05, 4.69) is 34.6 Å². The standard InChI is InChI=1S/C20H29ClN4O3.HI/c1-6-22-20(24-12-15-10-17(13(3)4)25-28-15)23-11-14-8-16(21)19(27-7-2)18(9-14)26-5;/h8-10,13H,6-7,11-12H2,1-5H3,(H2,22,23,24);1H. The molecule has 9 heteroatoms. The molecule has 162 valence electrons. The quantitative estimate of drug-likeness (QED) is 0.274.